The van der Waals surface area contributed by atoms with E-state index in [1.807, 2.05) is 13.8 Å². The highest BCUT2D eigenvalue weighted by molar-refractivity contribution is 6.42. The van der Waals surface area contributed by atoms with Crippen LogP contribution >= 0.6 is 34.8 Å². The quantitative estimate of drug-likeness (QED) is 0.730. The average molecular weight is 226 g/mol. The standard InChI is InChI=1S/C7H7Cl3N2/c1-3(2)4-5(8)7(10)12-11-6(4)9/h3H,1-2H3. The van der Waals surface area contributed by atoms with Crippen LogP contribution in [0.2, 0.25) is 15.3 Å². The maximum atomic E-state index is 5.87. The minimum atomic E-state index is 0.193. The molecule has 1 heterocycles. The normalized spacial score (nSPS) is 10.8. The van der Waals surface area contributed by atoms with Gasteiger partial charge in [-0.05, 0) is 5.92 Å². The molecule has 1 rings (SSSR count). The molecule has 0 aliphatic rings. The van der Waals surface area contributed by atoms with Crippen LogP contribution in [0.1, 0.15) is 25.3 Å². The van der Waals surface area contributed by atoms with E-state index in [-0.39, 0.29) is 11.1 Å². The molecule has 0 bridgehead atoms. The molecule has 0 unspecified atom stereocenters. The molecule has 0 atom stereocenters. The van der Waals surface area contributed by atoms with Crippen molar-refractivity contribution in [1.29, 1.82) is 0 Å². The fourth-order valence-electron chi connectivity index (χ4n) is 0.879. The van der Waals surface area contributed by atoms with Gasteiger partial charge in [-0.15, -0.1) is 10.2 Å². The largest absolute Gasteiger partial charge is 0.170 e. The van der Waals surface area contributed by atoms with Crippen molar-refractivity contribution in [2.75, 3.05) is 0 Å². The van der Waals surface area contributed by atoms with E-state index >= 15 is 0 Å². The average Bonchev–Trinajstić information content (AvgIpc) is 1.97. The Morgan fingerprint density at radius 2 is 1.50 bits per heavy atom. The van der Waals surface area contributed by atoms with Gasteiger partial charge in [0.15, 0.2) is 10.3 Å². The zero-order chi connectivity index (χ0) is 9.30. The molecule has 0 aliphatic heterocycles. The highest BCUT2D eigenvalue weighted by Gasteiger charge is 2.14. The Labute approximate surface area is 85.8 Å². The van der Waals surface area contributed by atoms with Crippen LogP contribution in [0.3, 0.4) is 0 Å². The van der Waals surface area contributed by atoms with Crippen LogP contribution in [0, 0.1) is 0 Å². The molecule has 0 spiro atoms. The Morgan fingerprint density at radius 3 is 1.92 bits per heavy atom. The van der Waals surface area contributed by atoms with Crippen LogP contribution in [0.25, 0.3) is 0 Å². The van der Waals surface area contributed by atoms with Gasteiger partial charge in [-0.2, -0.15) is 0 Å². The first-order valence-electron chi connectivity index (χ1n) is 3.41. The Hall–Kier alpha value is -0.0500. The molecule has 0 fully saturated rings. The van der Waals surface area contributed by atoms with E-state index in [2.05, 4.69) is 10.2 Å². The summed E-state index contributed by atoms with van der Waals surface area (Å²) in [7, 11) is 0. The Bertz CT molecular complexity index is 299. The minimum Gasteiger partial charge on any atom is -0.137 e. The van der Waals surface area contributed by atoms with Crippen LogP contribution < -0.4 is 0 Å². The third-order valence-corrected chi connectivity index (χ3v) is 2.47. The van der Waals surface area contributed by atoms with Crippen LogP contribution in [0.4, 0.5) is 0 Å². The van der Waals surface area contributed by atoms with E-state index in [4.69, 9.17) is 34.8 Å². The summed E-state index contributed by atoms with van der Waals surface area (Å²) in [6.07, 6.45) is 0. The Morgan fingerprint density at radius 1 is 1.00 bits per heavy atom. The lowest BCUT2D eigenvalue weighted by Crippen LogP contribution is -1.96. The third kappa shape index (κ3) is 1.82. The van der Waals surface area contributed by atoms with Gasteiger partial charge in [0.2, 0.25) is 0 Å². The van der Waals surface area contributed by atoms with Gasteiger partial charge in [0.05, 0.1) is 5.02 Å². The van der Waals surface area contributed by atoms with Crippen molar-refractivity contribution >= 4 is 34.8 Å². The predicted molar refractivity (Wildman–Crippen MR) is 51.2 cm³/mol. The molecule has 12 heavy (non-hydrogen) atoms. The molecule has 5 heteroatoms. The Kier molecular flexibility index (Phi) is 3.16. The van der Waals surface area contributed by atoms with E-state index < -0.39 is 0 Å². The summed E-state index contributed by atoms with van der Waals surface area (Å²) in [5.41, 5.74) is 0.748. The molecule has 0 aromatic carbocycles. The zero-order valence-corrected chi connectivity index (χ0v) is 8.87. The zero-order valence-electron chi connectivity index (χ0n) is 6.61. The molecule has 0 aliphatic carbocycles. The summed E-state index contributed by atoms with van der Waals surface area (Å²) in [4.78, 5) is 0. The lowest BCUT2D eigenvalue weighted by atomic mass is 10.1. The lowest BCUT2D eigenvalue weighted by Gasteiger charge is -2.08. The number of halogens is 3. The van der Waals surface area contributed by atoms with E-state index in [9.17, 15) is 0 Å². The number of rotatable bonds is 1. The van der Waals surface area contributed by atoms with Crippen molar-refractivity contribution in [1.82, 2.24) is 10.2 Å². The summed E-state index contributed by atoms with van der Waals surface area (Å²) >= 11 is 17.3. The maximum Gasteiger partial charge on any atom is 0.170 e. The highest BCUT2D eigenvalue weighted by atomic mass is 35.5. The van der Waals surface area contributed by atoms with Crippen LogP contribution in [-0.4, -0.2) is 10.2 Å². The van der Waals surface area contributed by atoms with Crippen LogP contribution in [0.15, 0.2) is 0 Å². The second-order valence-electron chi connectivity index (χ2n) is 2.66. The van der Waals surface area contributed by atoms with Crippen LogP contribution in [-0.2, 0) is 0 Å². The first kappa shape index (κ1) is 10.0. The molecular weight excluding hydrogens is 218 g/mol. The van der Waals surface area contributed by atoms with Crippen molar-refractivity contribution in [3.8, 4) is 0 Å². The molecular formula is C7H7Cl3N2. The summed E-state index contributed by atoms with van der Waals surface area (Å²) in [6.45, 7) is 3.93. The van der Waals surface area contributed by atoms with Crippen molar-refractivity contribution in [3.63, 3.8) is 0 Å². The minimum absolute atomic E-state index is 0.193. The van der Waals surface area contributed by atoms with Crippen molar-refractivity contribution in [3.05, 3.63) is 20.9 Å². The fourth-order valence-corrected chi connectivity index (χ4v) is 1.76. The molecule has 0 amide bonds. The number of hydrogen-bond acceptors (Lipinski definition) is 2. The topological polar surface area (TPSA) is 25.8 Å². The number of aromatic nitrogens is 2. The second-order valence-corrected chi connectivity index (χ2v) is 3.76. The maximum absolute atomic E-state index is 5.87. The molecule has 0 saturated heterocycles. The SMILES string of the molecule is CC(C)c1c(Cl)nnc(Cl)c1Cl. The van der Waals surface area contributed by atoms with Crippen molar-refractivity contribution in [2.45, 2.75) is 19.8 Å². The summed E-state index contributed by atoms with van der Waals surface area (Å²) in [5.74, 6) is 0.193. The van der Waals surface area contributed by atoms with Gasteiger partial charge in [0, 0.05) is 5.56 Å². The molecule has 2 nitrogen and oxygen atoms in total. The fraction of sp³-hybridized carbons (Fsp3) is 0.429. The van der Waals surface area contributed by atoms with Gasteiger partial charge in [-0.1, -0.05) is 48.7 Å². The molecule has 1 aromatic rings. The van der Waals surface area contributed by atoms with E-state index in [1.54, 1.807) is 0 Å². The first-order chi connectivity index (χ1) is 5.54. The van der Waals surface area contributed by atoms with Gasteiger partial charge in [-0.3, -0.25) is 0 Å². The third-order valence-electron chi connectivity index (χ3n) is 1.44. The van der Waals surface area contributed by atoms with Gasteiger partial charge in [0.25, 0.3) is 0 Å². The first-order valence-corrected chi connectivity index (χ1v) is 4.54. The van der Waals surface area contributed by atoms with E-state index in [0.29, 0.717) is 10.2 Å². The van der Waals surface area contributed by atoms with Gasteiger partial charge in [0.1, 0.15) is 0 Å². The van der Waals surface area contributed by atoms with Gasteiger partial charge < -0.3 is 0 Å². The molecule has 0 N–H and O–H groups in total. The summed E-state index contributed by atoms with van der Waals surface area (Å²) in [6, 6.07) is 0. The van der Waals surface area contributed by atoms with Gasteiger partial charge in [-0.25, -0.2) is 0 Å². The van der Waals surface area contributed by atoms with Gasteiger partial charge >= 0.3 is 0 Å². The highest BCUT2D eigenvalue weighted by Crippen LogP contribution is 2.32. The lowest BCUT2D eigenvalue weighted by molar-refractivity contribution is 0.842. The number of hydrogen-bond donors (Lipinski definition) is 0. The van der Waals surface area contributed by atoms with Crippen LogP contribution in [0.5, 0.6) is 0 Å². The predicted octanol–water partition coefficient (Wildman–Crippen LogP) is 3.56. The van der Waals surface area contributed by atoms with Crippen molar-refractivity contribution < 1.29 is 0 Å². The number of nitrogens with zero attached hydrogens (tertiary/aromatic N) is 2. The molecule has 0 radical (unpaired) electrons. The molecule has 0 saturated carbocycles. The van der Waals surface area contributed by atoms with E-state index in [0.717, 1.165) is 5.56 Å². The smallest absolute Gasteiger partial charge is 0.137 e. The summed E-state index contributed by atoms with van der Waals surface area (Å²) in [5, 5.41) is 8.15. The van der Waals surface area contributed by atoms with E-state index in [1.165, 1.54) is 0 Å². The molecule has 1 aromatic heterocycles. The van der Waals surface area contributed by atoms with Crippen molar-refractivity contribution in [2.24, 2.45) is 0 Å². The monoisotopic (exact) mass is 224 g/mol. The molecule has 66 valence electrons. The summed E-state index contributed by atoms with van der Waals surface area (Å²) < 4.78 is 0. The Balaban J connectivity index is 3.33. The second kappa shape index (κ2) is 3.77.